The van der Waals surface area contributed by atoms with E-state index in [1.54, 1.807) is 12.3 Å². The Morgan fingerprint density at radius 1 is 1.71 bits per heavy atom. The first kappa shape index (κ1) is 4.78. The smallest absolute Gasteiger partial charge is 0.0886 e. The molecule has 0 N–H and O–H groups in total. The quantitative estimate of drug-likeness (QED) is 0.557. The molecule has 1 nitrogen and oxygen atoms in total. The summed E-state index contributed by atoms with van der Waals surface area (Å²) < 4.78 is 0.992. The number of aromatic nitrogens is 1. The summed E-state index contributed by atoms with van der Waals surface area (Å²) in [4.78, 5) is 3.71. The number of halogens is 1. The van der Waals surface area contributed by atoms with E-state index in [1.165, 1.54) is 0 Å². The summed E-state index contributed by atoms with van der Waals surface area (Å²) in [7, 11) is 0. The second kappa shape index (κ2) is 2.07. The molecule has 1 heterocycles. The lowest BCUT2D eigenvalue weighted by molar-refractivity contribution is 1.29. The van der Waals surface area contributed by atoms with Gasteiger partial charge in [-0.25, -0.2) is 0 Å². The normalized spacial score (nSPS) is 8.71. The minimum absolute atomic E-state index is 0.992. The van der Waals surface area contributed by atoms with Crippen LogP contribution in [0.15, 0.2) is 22.8 Å². The average Bonchev–Trinajstić information content (AvgIpc) is 1.69. The molecule has 0 bridgehead atoms. The van der Waals surface area contributed by atoms with Gasteiger partial charge in [-0.15, -0.1) is 0 Å². The fraction of sp³-hybridized carbons (Fsp3) is 0. The number of pyridine rings is 1. The lowest BCUT2D eigenvalue weighted by atomic mass is 10.5. The van der Waals surface area contributed by atoms with Crippen molar-refractivity contribution in [1.29, 1.82) is 0 Å². The van der Waals surface area contributed by atoms with E-state index in [0.717, 1.165) is 4.47 Å². The minimum Gasteiger partial charge on any atom is -0.253 e. The molecule has 0 aliphatic carbocycles. The number of hydrogen-bond donors (Lipinski definition) is 0. The monoisotopic (exact) mass is 156 g/mol. The van der Waals surface area contributed by atoms with Crippen molar-refractivity contribution in [3.8, 4) is 0 Å². The van der Waals surface area contributed by atoms with Crippen LogP contribution in [0.4, 0.5) is 0 Å². The third-order valence-corrected chi connectivity index (χ3v) is 1.05. The van der Waals surface area contributed by atoms with Crippen LogP contribution in [0.1, 0.15) is 0 Å². The summed E-state index contributed by atoms with van der Waals surface area (Å²) >= 11 is 3.23. The lowest BCUT2D eigenvalue weighted by Gasteiger charge is -1.79. The molecule has 0 saturated carbocycles. The largest absolute Gasteiger partial charge is 0.253 e. The van der Waals surface area contributed by atoms with Gasteiger partial charge in [-0.2, -0.15) is 0 Å². The predicted molar refractivity (Wildman–Crippen MR) is 30.8 cm³/mol. The highest BCUT2D eigenvalue weighted by molar-refractivity contribution is 9.10. The first-order valence-electron chi connectivity index (χ1n) is 1.87. The molecular weight excluding hydrogens is 154 g/mol. The fourth-order valence-electron chi connectivity index (χ4n) is 0.302. The molecule has 0 aromatic carbocycles. The topological polar surface area (TPSA) is 12.9 Å². The number of hydrogen-bond acceptors (Lipinski definition) is 1. The summed E-state index contributed by atoms with van der Waals surface area (Å²) in [5.41, 5.74) is 0. The van der Waals surface area contributed by atoms with Gasteiger partial charge in [0.25, 0.3) is 0 Å². The van der Waals surface area contributed by atoms with Gasteiger partial charge in [0.15, 0.2) is 0 Å². The van der Waals surface area contributed by atoms with Crippen LogP contribution in [0.2, 0.25) is 0 Å². The molecule has 35 valence electrons. The third kappa shape index (κ3) is 1.27. The number of nitrogens with zero attached hydrogens (tertiary/aromatic N) is 1. The Labute approximate surface area is 50.5 Å². The maximum atomic E-state index is 3.71. The summed E-state index contributed by atoms with van der Waals surface area (Å²) in [5.74, 6) is 0. The Morgan fingerprint density at radius 3 is 2.86 bits per heavy atom. The Bertz CT molecular complexity index is 138. The van der Waals surface area contributed by atoms with Crippen molar-refractivity contribution in [3.63, 3.8) is 0 Å². The van der Waals surface area contributed by atoms with Gasteiger partial charge in [0.1, 0.15) is 0 Å². The van der Waals surface area contributed by atoms with Crippen molar-refractivity contribution in [3.05, 3.63) is 29.0 Å². The van der Waals surface area contributed by atoms with Crippen molar-refractivity contribution in [2.75, 3.05) is 0 Å². The molecule has 1 radical (unpaired) electrons. The first-order chi connectivity index (χ1) is 3.39. The van der Waals surface area contributed by atoms with E-state index in [9.17, 15) is 0 Å². The van der Waals surface area contributed by atoms with Crippen molar-refractivity contribution >= 4 is 15.9 Å². The summed E-state index contributed by atoms with van der Waals surface area (Å²) in [6.45, 7) is 0. The van der Waals surface area contributed by atoms with Gasteiger partial charge in [-0.3, -0.25) is 4.98 Å². The highest BCUT2D eigenvalue weighted by Gasteiger charge is 1.76. The zero-order valence-electron chi connectivity index (χ0n) is 3.56. The molecule has 0 fully saturated rings. The van der Waals surface area contributed by atoms with E-state index in [-0.39, 0.29) is 0 Å². The van der Waals surface area contributed by atoms with Crippen molar-refractivity contribution in [1.82, 2.24) is 4.98 Å². The first-order valence-corrected chi connectivity index (χ1v) is 2.66. The zero-order chi connectivity index (χ0) is 5.11. The maximum Gasteiger partial charge on any atom is 0.0886 e. The van der Waals surface area contributed by atoms with Gasteiger partial charge in [-0.1, -0.05) is 0 Å². The minimum atomic E-state index is 0.992. The average molecular weight is 157 g/mol. The zero-order valence-corrected chi connectivity index (χ0v) is 5.14. The standard InChI is InChI=1S/C5H3BrN/c6-5-2-1-3-7-4-5/h1-2,4H. The van der Waals surface area contributed by atoms with E-state index in [4.69, 9.17) is 0 Å². The van der Waals surface area contributed by atoms with Crippen LogP contribution in [-0.4, -0.2) is 4.98 Å². The molecule has 0 unspecified atom stereocenters. The Balaban J connectivity index is 3.02. The molecule has 1 aromatic heterocycles. The molecule has 0 aliphatic rings. The van der Waals surface area contributed by atoms with Crippen LogP contribution >= 0.6 is 15.9 Å². The maximum absolute atomic E-state index is 3.71. The van der Waals surface area contributed by atoms with Crippen LogP contribution in [-0.2, 0) is 0 Å². The van der Waals surface area contributed by atoms with E-state index in [2.05, 4.69) is 27.1 Å². The van der Waals surface area contributed by atoms with Gasteiger partial charge < -0.3 is 0 Å². The lowest BCUT2D eigenvalue weighted by Crippen LogP contribution is -1.65. The highest BCUT2D eigenvalue weighted by Crippen LogP contribution is 2.02. The van der Waals surface area contributed by atoms with Crippen LogP contribution in [0.5, 0.6) is 0 Å². The molecule has 1 rings (SSSR count). The van der Waals surface area contributed by atoms with Crippen LogP contribution in [0, 0.1) is 6.20 Å². The van der Waals surface area contributed by atoms with Gasteiger partial charge in [0, 0.05) is 10.7 Å². The molecule has 0 spiro atoms. The molecule has 0 aliphatic heterocycles. The van der Waals surface area contributed by atoms with Gasteiger partial charge in [0.2, 0.25) is 0 Å². The summed E-state index contributed by atoms with van der Waals surface area (Å²) in [6.07, 6.45) is 4.35. The van der Waals surface area contributed by atoms with Crippen molar-refractivity contribution in [2.24, 2.45) is 0 Å². The summed E-state index contributed by atoms with van der Waals surface area (Å²) in [5, 5.41) is 0. The van der Waals surface area contributed by atoms with Crippen LogP contribution in [0.3, 0.4) is 0 Å². The fourth-order valence-corrected chi connectivity index (χ4v) is 0.536. The highest BCUT2D eigenvalue weighted by atomic mass is 79.9. The van der Waals surface area contributed by atoms with Gasteiger partial charge >= 0.3 is 0 Å². The molecular formula is C5H3BrN. The molecule has 1 aromatic rings. The Kier molecular flexibility index (Phi) is 1.42. The van der Waals surface area contributed by atoms with E-state index in [0.29, 0.717) is 0 Å². The predicted octanol–water partition coefficient (Wildman–Crippen LogP) is 1.64. The molecule has 2 heteroatoms. The van der Waals surface area contributed by atoms with Crippen molar-refractivity contribution < 1.29 is 0 Å². The third-order valence-electron chi connectivity index (χ3n) is 0.580. The number of rotatable bonds is 0. The Hall–Kier alpha value is -0.370. The van der Waals surface area contributed by atoms with E-state index >= 15 is 0 Å². The van der Waals surface area contributed by atoms with E-state index in [1.807, 2.05) is 6.07 Å². The van der Waals surface area contributed by atoms with Crippen LogP contribution < -0.4 is 0 Å². The van der Waals surface area contributed by atoms with Crippen molar-refractivity contribution in [2.45, 2.75) is 0 Å². The van der Waals surface area contributed by atoms with E-state index < -0.39 is 0 Å². The second-order valence-electron chi connectivity index (χ2n) is 1.11. The van der Waals surface area contributed by atoms with Gasteiger partial charge in [-0.05, 0) is 28.1 Å². The summed E-state index contributed by atoms with van der Waals surface area (Å²) in [6, 6.07) is 3.64. The molecule has 0 saturated heterocycles. The Morgan fingerprint density at radius 2 is 2.57 bits per heavy atom. The van der Waals surface area contributed by atoms with Crippen LogP contribution in [0.25, 0.3) is 0 Å². The van der Waals surface area contributed by atoms with Gasteiger partial charge in [0.05, 0.1) is 6.20 Å². The molecule has 0 amide bonds. The SMILES string of the molecule is Brc1cc[c]nc1. The second-order valence-corrected chi connectivity index (χ2v) is 2.02. The molecule has 7 heavy (non-hydrogen) atoms. The molecule has 0 atom stereocenters.